The van der Waals surface area contributed by atoms with Gasteiger partial charge in [-0.15, -0.1) is 10.2 Å². The summed E-state index contributed by atoms with van der Waals surface area (Å²) < 4.78 is 44.5. The number of halogens is 3. The van der Waals surface area contributed by atoms with E-state index in [1.165, 1.54) is 0 Å². The van der Waals surface area contributed by atoms with Crippen molar-refractivity contribution in [2.24, 2.45) is 0 Å². The second-order valence-electron chi connectivity index (χ2n) is 9.37. The fourth-order valence-corrected chi connectivity index (χ4v) is 5.15. The summed E-state index contributed by atoms with van der Waals surface area (Å²) in [5.41, 5.74) is 0.174. The van der Waals surface area contributed by atoms with Crippen molar-refractivity contribution in [2.75, 3.05) is 6.54 Å². The third-order valence-corrected chi connectivity index (χ3v) is 7.08. The molecule has 0 bridgehead atoms. The number of aliphatic hydroxyl groups is 1. The Morgan fingerprint density at radius 3 is 2.31 bits per heavy atom. The van der Waals surface area contributed by atoms with Gasteiger partial charge in [0.1, 0.15) is 10.6 Å². The molecule has 0 saturated carbocycles. The molecular weight excluding hydrogens is 479 g/mol. The van der Waals surface area contributed by atoms with Gasteiger partial charge in [0.25, 0.3) is 0 Å². The minimum atomic E-state index is -4.53. The first-order chi connectivity index (χ1) is 16.4. The minimum absolute atomic E-state index is 0.174. The van der Waals surface area contributed by atoms with Gasteiger partial charge in [-0.2, -0.15) is 13.2 Å². The fourth-order valence-electron chi connectivity index (χ4n) is 4.43. The maximum absolute atomic E-state index is 13.2. The van der Waals surface area contributed by atoms with Crippen LogP contribution in [0.1, 0.15) is 55.8 Å². The standard InChI is InChI=1S/C25H26F3N3O3S/c1-16(17-9-11-18(12-10-17)20-29-30-21(35-20)25(26,27)28)31-14-13-24(34-22(31)32,15-23(2,3)33)19-7-5-4-6-8-19/h4-12,16,33H,13-15H2,1-3H3/t16-,24-/m0/s1. The molecule has 186 valence electrons. The predicted molar refractivity (Wildman–Crippen MR) is 126 cm³/mol. The summed E-state index contributed by atoms with van der Waals surface area (Å²) >= 11 is 0.485. The van der Waals surface area contributed by atoms with Crippen LogP contribution in [-0.4, -0.2) is 38.4 Å². The Labute approximate surface area is 205 Å². The van der Waals surface area contributed by atoms with Crippen molar-refractivity contribution in [1.29, 1.82) is 0 Å². The number of ether oxygens (including phenoxy) is 1. The topological polar surface area (TPSA) is 75.6 Å². The number of amides is 1. The highest BCUT2D eigenvalue weighted by atomic mass is 32.1. The molecule has 0 unspecified atom stereocenters. The van der Waals surface area contributed by atoms with Gasteiger partial charge in [0.05, 0.1) is 11.6 Å². The smallest absolute Gasteiger partial charge is 0.438 e. The normalized spacial score (nSPS) is 20.0. The SMILES string of the molecule is C[C@@H](c1ccc(-c2nnc(C(F)(F)F)s2)cc1)N1CC[C@](CC(C)(C)O)(c2ccccc2)OC1=O. The number of hydrogen-bond acceptors (Lipinski definition) is 6. The summed E-state index contributed by atoms with van der Waals surface area (Å²) in [6.07, 6.45) is -4.26. The van der Waals surface area contributed by atoms with Crippen LogP contribution in [0.2, 0.25) is 0 Å². The van der Waals surface area contributed by atoms with E-state index in [2.05, 4.69) is 10.2 Å². The van der Waals surface area contributed by atoms with E-state index in [9.17, 15) is 23.1 Å². The molecule has 35 heavy (non-hydrogen) atoms. The van der Waals surface area contributed by atoms with E-state index in [4.69, 9.17) is 4.74 Å². The van der Waals surface area contributed by atoms with Crippen molar-refractivity contribution in [3.05, 3.63) is 70.7 Å². The van der Waals surface area contributed by atoms with Crippen molar-refractivity contribution in [1.82, 2.24) is 15.1 Å². The van der Waals surface area contributed by atoms with Crippen LogP contribution >= 0.6 is 11.3 Å². The van der Waals surface area contributed by atoms with Crippen LogP contribution in [0.15, 0.2) is 54.6 Å². The molecule has 0 radical (unpaired) electrons. The Hall–Kier alpha value is -2.98. The van der Waals surface area contributed by atoms with E-state index in [0.29, 0.717) is 29.9 Å². The molecule has 4 rings (SSSR count). The van der Waals surface area contributed by atoms with E-state index >= 15 is 0 Å². The van der Waals surface area contributed by atoms with Crippen LogP contribution in [0, 0.1) is 0 Å². The van der Waals surface area contributed by atoms with E-state index in [1.54, 1.807) is 43.0 Å². The Morgan fingerprint density at radius 2 is 1.77 bits per heavy atom. The summed E-state index contributed by atoms with van der Waals surface area (Å²) in [6, 6.07) is 16.0. The molecule has 1 aromatic heterocycles. The molecular formula is C25H26F3N3O3S. The number of benzene rings is 2. The van der Waals surface area contributed by atoms with Gasteiger partial charge < -0.3 is 14.7 Å². The molecule has 1 N–H and O–H groups in total. The number of hydrogen-bond donors (Lipinski definition) is 1. The number of carbonyl (C=O) groups excluding carboxylic acids is 1. The van der Waals surface area contributed by atoms with Crippen LogP contribution in [-0.2, 0) is 16.5 Å². The van der Waals surface area contributed by atoms with Gasteiger partial charge >= 0.3 is 12.3 Å². The highest BCUT2D eigenvalue weighted by molar-refractivity contribution is 7.14. The average molecular weight is 506 g/mol. The first-order valence-electron chi connectivity index (χ1n) is 11.2. The van der Waals surface area contributed by atoms with Gasteiger partial charge in [-0.25, -0.2) is 4.79 Å². The third-order valence-electron chi connectivity index (χ3n) is 6.07. The molecule has 2 heterocycles. The first kappa shape index (κ1) is 25.1. The molecule has 0 aliphatic carbocycles. The van der Waals surface area contributed by atoms with Crippen LogP contribution in [0.4, 0.5) is 18.0 Å². The van der Waals surface area contributed by atoms with Crippen molar-refractivity contribution in [3.63, 3.8) is 0 Å². The lowest BCUT2D eigenvalue weighted by molar-refractivity contribution is -0.138. The molecule has 10 heteroatoms. The molecule has 2 aromatic carbocycles. The zero-order chi connectivity index (χ0) is 25.4. The zero-order valence-electron chi connectivity index (χ0n) is 19.5. The van der Waals surface area contributed by atoms with E-state index in [-0.39, 0.29) is 17.5 Å². The van der Waals surface area contributed by atoms with Crippen LogP contribution in [0.5, 0.6) is 0 Å². The highest BCUT2D eigenvalue weighted by Crippen LogP contribution is 2.42. The van der Waals surface area contributed by atoms with E-state index < -0.39 is 28.5 Å². The van der Waals surface area contributed by atoms with Gasteiger partial charge in [0.15, 0.2) is 0 Å². The third kappa shape index (κ3) is 5.48. The van der Waals surface area contributed by atoms with Crippen molar-refractivity contribution in [3.8, 4) is 10.6 Å². The van der Waals surface area contributed by atoms with Crippen molar-refractivity contribution >= 4 is 17.4 Å². The van der Waals surface area contributed by atoms with Gasteiger partial charge in [0.2, 0.25) is 5.01 Å². The second-order valence-corrected chi connectivity index (χ2v) is 10.3. The maximum Gasteiger partial charge on any atom is 0.445 e. The summed E-state index contributed by atoms with van der Waals surface area (Å²) in [5, 5.41) is 16.6. The maximum atomic E-state index is 13.2. The summed E-state index contributed by atoms with van der Waals surface area (Å²) in [4.78, 5) is 14.8. The lowest BCUT2D eigenvalue weighted by Crippen LogP contribution is -2.51. The van der Waals surface area contributed by atoms with Crippen LogP contribution in [0.3, 0.4) is 0 Å². The largest absolute Gasteiger partial charge is 0.445 e. The molecule has 6 nitrogen and oxygen atoms in total. The Bertz CT molecular complexity index is 1180. The molecule has 1 fully saturated rings. The lowest BCUT2D eigenvalue weighted by Gasteiger charge is -2.45. The first-order valence-corrected chi connectivity index (χ1v) is 12.0. The Kier molecular flexibility index (Phi) is 6.63. The van der Waals surface area contributed by atoms with Gasteiger partial charge in [-0.05, 0) is 31.9 Å². The Balaban J connectivity index is 1.51. The van der Waals surface area contributed by atoms with Crippen LogP contribution < -0.4 is 0 Å². The molecule has 1 aliphatic rings. The summed E-state index contributed by atoms with van der Waals surface area (Å²) in [5.74, 6) is 0. The second kappa shape index (κ2) is 9.23. The summed E-state index contributed by atoms with van der Waals surface area (Å²) in [6.45, 7) is 5.67. The number of alkyl halides is 3. The van der Waals surface area contributed by atoms with Crippen molar-refractivity contribution in [2.45, 2.75) is 57.0 Å². The summed E-state index contributed by atoms with van der Waals surface area (Å²) in [7, 11) is 0. The van der Waals surface area contributed by atoms with E-state index in [0.717, 1.165) is 11.1 Å². The zero-order valence-corrected chi connectivity index (χ0v) is 20.4. The number of rotatable bonds is 6. The highest BCUT2D eigenvalue weighted by Gasteiger charge is 2.46. The molecule has 0 spiro atoms. The predicted octanol–water partition coefficient (Wildman–Crippen LogP) is 6.18. The average Bonchev–Trinajstić information content (AvgIpc) is 3.29. The molecule has 1 amide bonds. The van der Waals surface area contributed by atoms with Gasteiger partial charge in [0, 0.05) is 24.9 Å². The Morgan fingerprint density at radius 1 is 1.11 bits per heavy atom. The monoisotopic (exact) mass is 505 g/mol. The molecule has 3 aromatic rings. The van der Waals surface area contributed by atoms with Gasteiger partial charge in [-0.1, -0.05) is 65.9 Å². The number of aromatic nitrogens is 2. The fraction of sp³-hybridized carbons (Fsp3) is 0.400. The molecule has 1 saturated heterocycles. The van der Waals surface area contributed by atoms with Gasteiger partial charge in [-0.3, -0.25) is 0 Å². The minimum Gasteiger partial charge on any atom is -0.438 e. The van der Waals surface area contributed by atoms with Crippen molar-refractivity contribution < 1.29 is 27.8 Å². The number of cyclic esters (lactones) is 1. The lowest BCUT2D eigenvalue weighted by atomic mass is 9.80. The molecule has 2 atom stereocenters. The molecule has 1 aliphatic heterocycles. The number of carbonyl (C=O) groups is 1. The quantitative estimate of drug-likeness (QED) is 0.433. The number of nitrogens with zero attached hydrogens (tertiary/aromatic N) is 3. The van der Waals surface area contributed by atoms with E-state index in [1.807, 2.05) is 37.3 Å². The van der Waals surface area contributed by atoms with Crippen LogP contribution in [0.25, 0.3) is 10.6 Å².